The van der Waals surface area contributed by atoms with Crippen LogP contribution < -0.4 is 5.32 Å². The zero-order valence-corrected chi connectivity index (χ0v) is 12.2. The zero-order chi connectivity index (χ0) is 15.0. The van der Waals surface area contributed by atoms with Crippen LogP contribution in [-0.4, -0.2) is 23.0 Å². The maximum absolute atomic E-state index is 11.9. The highest BCUT2D eigenvalue weighted by Gasteiger charge is 2.37. The average Bonchev–Trinajstić information content (AvgIpc) is 3.35. The summed E-state index contributed by atoms with van der Waals surface area (Å²) in [6.45, 7) is 2.20. The lowest BCUT2D eigenvalue weighted by Gasteiger charge is -2.13. The molecule has 0 saturated heterocycles. The van der Waals surface area contributed by atoms with Crippen molar-refractivity contribution in [1.82, 2.24) is 5.32 Å². The highest BCUT2D eigenvalue weighted by molar-refractivity contribution is 5.84. The first kappa shape index (κ1) is 14.2. The summed E-state index contributed by atoms with van der Waals surface area (Å²) in [5.41, 5.74) is 0. The molecule has 0 aliphatic heterocycles. The first-order valence-corrected chi connectivity index (χ1v) is 7.65. The van der Waals surface area contributed by atoms with Gasteiger partial charge in [0.25, 0.3) is 0 Å². The van der Waals surface area contributed by atoms with Crippen molar-refractivity contribution in [2.45, 2.75) is 51.0 Å². The molecular formula is C16H21NO4. The number of carbonyl (C=O) groups excluding carboxylic acids is 1. The first-order valence-electron chi connectivity index (χ1n) is 7.65. The fraction of sp³-hybridized carbons (Fsp3) is 0.625. The number of aliphatic carboxylic acids is 1. The minimum Gasteiger partial charge on any atom is -0.480 e. The Morgan fingerprint density at radius 1 is 1.43 bits per heavy atom. The van der Waals surface area contributed by atoms with Crippen molar-refractivity contribution in [2.75, 3.05) is 0 Å². The fourth-order valence-corrected chi connectivity index (χ4v) is 2.74. The molecule has 2 saturated carbocycles. The van der Waals surface area contributed by atoms with Gasteiger partial charge in [0, 0.05) is 18.8 Å². The van der Waals surface area contributed by atoms with E-state index in [4.69, 9.17) is 9.52 Å². The van der Waals surface area contributed by atoms with Crippen molar-refractivity contribution in [3.63, 3.8) is 0 Å². The van der Waals surface area contributed by atoms with Crippen molar-refractivity contribution in [2.24, 2.45) is 11.8 Å². The van der Waals surface area contributed by atoms with Crippen LogP contribution in [0.2, 0.25) is 0 Å². The molecule has 1 aromatic heterocycles. The largest absolute Gasteiger partial charge is 0.480 e. The molecule has 2 N–H and O–H groups in total. The Balaban J connectivity index is 1.46. The highest BCUT2D eigenvalue weighted by Crippen LogP contribution is 2.47. The van der Waals surface area contributed by atoms with E-state index in [9.17, 15) is 9.59 Å². The second kappa shape index (κ2) is 5.54. The van der Waals surface area contributed by atoms with Crippen LogP contribution in [0.15, 0.2) is 16.5 Å². The lowest BCUT2D eigenvalue weighted by atomic mass is 10.1. The van der Waals surface area contributed by atoms with Crippen molar-refractivity contribution in [3.05, 3.63) is 23.7 Å². The van der Waals surface area contributed by atoms with Crippen LogP contribution in [0.5, 0.6) is 0 Å². The number of carboxylic acids is 1. The summed E-state index contributed by atoms with van der Waals surface area (Å²) in [5, 5.41) is 11.7. The Labute approximate surface area is 123 Å². The Morgan fingerprint density at radius 3 is 2.71 bits per heavy atom. The standard InChI is InChI=1S/C16H21NO4/c1-9-8-12(9)13-6-4-11(21-13)5-7-14(18)17-15(16(19)20)10-2-3-10/h4,6,9-10,12,15H,2-3,5,7-8H2,1H3,(H,17,18)(H,19,20). The number of carboxylic acid groups (broad SMARTS) is 1. The number of furan rings is 1. The molecule has 3 rings (SSSR count). The Bertz CT molecular complexity index is 546. The van der Waals surface area contributed by atoms with Gasteiger partial charge in [0.05, 0.1) is 0 Å². The number of aryl methyl sites for hydroxylation is 1. The zero-order valence-electron chi connectivity index (χ0n) is 12.2. The summed E-state index contributed by atoms with van der Waals surface area (Å²) < 4.78 is 5.74. The van der Waals surface area contributed by atoms with Crippen molar-refractivity contribution in [3.8, 4) is 0 Å². The van der Waals surface area contributed by atoms with Gasteiger partial charge in [-0.2, -0.15) is 0 Å². The predicted octanol–water partition coefficient (Wildman–Crippen LogP) is 2.32. The van der Waals surface area contributed by atoms with Crippen LogP contribution >= 0.6 is 0 Å². The van der Waals surface area contributed by atoms with Gasteiger partial charge >= 0.3 is 5.97 Å². The molecule has 2 aliphatic rings. The fourth-order valence-electron chi connectivity index (χ4n) is 2.74. The monoisotopic (exact) mass is 291 g/mol. The summed E-state index contributed by atoms with van der Waals surface area (Å²) in [6, 6.07) is 3.19. The van der Waals surface area contributed by atoms with Crippen molar-refractivity contribution < 1.29 is 19.1 Å². The van der Waals surface area contributed by atoms with E-state index in [0.29, 0.717) is 18.3 Å². The van der Waals surface area contributed by atoms with Crippen molar-refractivity contribution >= 4 is 11.9 Å². The minimum atomic E-state index is -0.936. The van der Waals surface area contributed by atoms with Gasteiger partial charge < -0.3 is 14.8 Å². The molecule has 1 heterocycles. The van der Waals surface area contributed by atoms with E-state index in [1.54, 1.807) is 0 Å². The van der Waals surface area contributed by atoms with Crippen LogP contribution in [0.25, 0.3) is 0 Å². The quantitative estimate of drug-likeness (QED) is 0.808. The van der Waals surface area contributed by atoms with Gasteiger partial charge in [0.15, 0.2) is 0 Å². The number of hydrogen-bond donors (Lipinski definition) is 2. The van der Waals surface area contributed by atoms with Crippen molar-refractivity contribution in [1.29, 1.82) is 0 Å². The lowest BCUT2D eigenvalue weighted by Crippen LogP contribution is -2.42. The van der Waals surface area contributed by atoms with E-state index < -0.39 is 12.0 Å². The van der Waals surface area contributed by atoms with Crippen LogP contribution in [0.1, 0.15) is 50.0 Å². The molecule has 2 fully saturated rings. The molecule has 21 heavy (non-hydrogen) atoms. The third-order valence-electron chi connectivity index (χ3n) is 4.43. The second-order valence-electron chi connectivity index (χ2n) is 6.34. The molecule has 0 radical (unpaired) electrons. The summed E-state index contributed by atoms with van der Waals surface area (Å²) in [4.78, 5) is 22.9. The van der Waals surface area contributed by atoms with Crippen LogP contribution in [0.4, 0.5) is 0 Å². The third-order valence-corrected chi connectivity index (χ3v) is 4.43. The molecule has 1 aromatic rings. The van der Waals surface area contributed by atoms with E-state index in [1.165, 1.54) is 6.42 Å². The van der Waals surface area contributed by atoms with Crippen LogP contribution in [0, 0.1) is 11.8 Å². The van der Waals surface area contributed by atoms with Gasteiger partial charge in [0.1, 0.15) is 17.6 Å². The van der Waals surface area contributed by atoms with E-state index >= 15 is 0 Å². The molecule has 1 amide bonds. The Morgan fingerprint density at radius 2 is 2.14 bits per heavy atom. The summed E-state index contributed by atoms with van der Waals surface area (Å²) in [7, 11) is 0. The smallest absolute Gasteiger partial charge is 0.326 e. The predicted molar refractivity (Wildman–Crippen MR) is 75.8 cm³/mol. The molecular weight excluding hydrogens is 270 g/mol. The van der Waals surface area contributed by atoms with Gasteiger partial charge in [-0.3, -0.25) is 4.79 Å². The molecule has 3 unspecified atom stereocenters. The normalized spacial score (nSPS) is 25.4. The maximum Gasteiger partial charge on any atom is 0.326 e. The lowest BCUT2D eigenvalue weighted by molar-refractivity contribution is -0.142. The van der Waals surface area contributed by atoms with E-state index in [-0.39, 0.29) is 18.2 Å². The third kappa shape index (κ3) is 3.46. The molecule has 3 atom stereocenters. The molecule has 2 aliphatic carbocycles. The van der Waals surface area contributed by atoms with E-state index in [1.807, 2.05) is 12.1 Å². The van der Waals surface area contributed by atoms with Gasteiger partial charge in [-0.1, -0.05) is 6.92 Å². The molecule has 114 valence electrons. The molecule has 0 aromatic carbocycles. The van der Waals surface area contributed by atoms with E-state index in [2.05, 4.69) is 12.2 Å². The van der Waals surface area contributed by atoms with E-state index in [0.717, 1.165) is 24.4 Å². The summed E-state index contributed by atoms with van der Waals surface area (Å²) >= 11 is 0. The second-order valence-corrected chi connectivity index (χ2v) is 6.34. The Hall–Kier alpha value is -1.78. The Kier molecular flexibility index (Phi) is 3.74. The summed E-state index contributed by atoms with van der Waals surface area (Å²) in [6.07, 6.45) is 3.74. The topological polar surface area (TPSA) is 79.5 Å². The summed E-state index contributed by atoms with van der Waals surface area (Å²) in [5.74, 6) is 2.01. The minimum absolute atomic E-state index is 0.109. The molecule has 5 nitrogen and oxygen atoms in total. The van der Waals surface area contributed by atoms with Gasteiger partial charge in [0.2, 0.25) is 5.91 Å². The number of rotatable bonds is 7. The average molecular weight is 291 g/mol. The highest BCUT2D eigenvalue weighted by atomic mass is 16.4. The molecule has 5 heteroatoms. The van der Waals surface area contributed by atoms with Gasteiger partial charge in [-0.25, -0.2) is 4.79 Å². The SMILES string of the molecule is CC1CC1c1ccc(CCC(=O)NC(C(=O)O)C2CC2)o1. The molecule has 0 bridgehead atoms. The number of nitrogens with one attached hydrogen (secondary N) is 1. The van der Waals surface area contributed by atoms with Crippen LogP contribution in [-0.2, 0) is 16.0 Å². The first-order chi connectivity index (χ1) is 10.0. The maximum atomic E-state index is 11.9. The van der Waals surface area contributed by atoms with Crippen LogP contribution in [0.3, 0.4) is 0 Å². The number of carbonyl (C=O) groups is 2. The molecule has 0 spiro atoms. The number of amides is 1. The van der Waals surface area contributed by atoms with Gasteiger partial charge in [-0.05, 0) is 43.2 Å². The van der Waals surface area contributed by atoms with Gasteiger partial charge in [-0.15, -0.1) is 0 Å². The number of hydrogen-bond acceptors (Lipinski definition) is 3.